The fourth-order valence-corrected chi connectivity index (χ4v) is 2.52. The minimum atomic E-state index is 0.273. The van der Waals surface area contributed by atoms with Crippen molar-refractivity contribution in [1.29, 1.82) is 0 Å². The van der Waals surface area contributed by atoms with Crippen LogP contribution in [-0.4, -0.2) is 12.1 Å². The van der Waals surface area contributed by atoms with Crippen LogP contribution < -0.4 is 10.1 Å². The van der Waals surface area contributed by atoms with Crippen molar-refractivity contribution < 1.29 is 4.74 Å². The van der Waals surface area contributed by atoms with E-state index < -0.39 is 0 Å². The van der Waals surface area contributed by atoms with Crippen LogP contribution in [0.5, 0.6) is 5.75 Å². The molecular formula is C18H29NO. The predicted octanol–water partition coefficient (Wildman–Crippen LogP) is 4.53. The Labute approximate surface area is 123 Å². The van der Waals surface area contributed by atoms with E-state index in [-0.39, 0.29) is 5.54 Å². The van der Waals surface area contributed by atoms with E-state index >= 15 is 0 Å². The second-order valence-electron chi connectivity index (χ2n) is 6.55. The van der Waals surface area contributed by atoms with E-state index in [1.165, 1.54) is 31.2 Å². The molecule has 1 N–H and O–H groups in total. The molecule has 1 saturated carbocycles. The number of rotatable bonds is 9. The van der Waals surface area contributed by atoms with Gasteiger partial charge in [-0.1, -0.05) is 31.9 Å². The smallest absolute Gasteiger partial charge is 0.119 e. The second kappa shape index (κ2) is 7.12. The standard InChI is InChI=1S/C18H29NO/c1-4-5-6-13-20-17-11-7-15(8-12-17)14-19-18(2,3)16-9-10-16/h7-8,11-12,16,19H,4-6,9-10,13-14H2,1-3H3. The second-order valence-corrected chi connectivity index (χ2v) is 6.55. The van der Waals surface area contributed by atoms with Crippen LogP contribution in [0.1, 0.15) is 58.4 Å². The molecule has 0 unspecified atom stereocenters. The molecule has 1 aliphatic rings. The Balaban J connectivity index is 1.73. The Hall–Kier alpha value is -1.02. The summed E-state index contributed by atoms with van der Waals surface area (Å²) in [4.78, 5) is 0. The monoisotopic (exact) mass is 275 g/mol. The Morgan fingerprint density at radius 2 is 1.85 bits per heavy atom. The molecule has 1 fully saturated rings. The minimum Gasteiger partial charge on any atom is -0.494 e. The van der Waals surface area contributed by atoms with Crippen molar-refractivity contribution in [1.82, 2.24) is 5.32 Å². The third-order valence-corrected chi connectivity index (χ3v) is 4.29. The first-order valence-electron chi connectivity index (χ1n) is 8.08. The van der Waals surface area contributed by atoms with Gasteiger partial charge in [0.05, 0.1) is 6.61 Å². The zero-order valence-corrected chi connectivity index (χ0v) is 13.2. The van der Waals surface area contributed by atoms with Crippen LogP contribution in [-0.2, 0) is 6.54 Å². The highest BCUT2D eigenvalue weighted by Gasteiger charge is 2.36. The molecule has 1 aliphatic carbocycles. The van der Waals surface area contributed by atoms with E-state index in [1.807, 2.05) is 0 Å². The van der Waals surface area contributed by atoms with Crippen LogP contribution in [0.15, 0.2) is 24.3 Å². The SMILES string of the molecule is CCCCCOc1ccc(CNC(C)(C)C2CC2)cc1. The predicted molar refractivity (Wildman–Crippen MR) is 85.1 cm³/mol. The molecule has 0 aliphatic heterocycles. The van der Waals surface area contributed by atoms with Crippen LogP contribution in [0.2, 0.25) is 0 Å². The summed E-state index contributed by atoms with van der Waals surface area (Å²) in [5, 5.41) is 3.68. The highest BCUT2D eigenvalue weighted by atomic mass is 16.5. The topological polar surface area (TPSA) is 21.3 Å². The first-order chi connectivity index (χ1) is 9.62. The Bertz CT molecular complexity index is 392. The maximum Gasteiger partial charge on any atom is 0.119 e. The van der Waals surface area contributed by atoms with Crippen molar-refractivity contribution in [2.45, 2.75) is 65.0 Å². The summed E-state index contributed by atoms with van der Waals surface area (Å²) in [6.07, 6.45) is 6.40. The van der Waals surface area contributed by atoms with Gasteiger partial charge in [-0.15, -0.1) is 0 Å². The van der Waals surface area contributed by atoms with Gasteiger partial charge in [0.1, 0.15) is 5.75 Å². The number of hydrogen-bond donors (Lipinski definition) is 1. The first kappa shape index (κ1) is 15.4. The highest BCUT2D eigenvalue weighted by Crippen LogP contribution is 2.39. The van der Waals surface area contributed by atoms with E-state index in [4.69, 9.17) is 4.74 Å². The van der Waals surface area contributed by atoms with Crippen molar-refractivity contribution in [3.05, 3.63) is 29.8 Å². The van der Waals surface area contributed by atoms with Crippen LogP contribution in [0, 0.1) is 5.92 Å². The fourth-order valence-electron chi connectivity index (χ4n) is 2.52. The molecule has 0 amide bonds. The summed E-state index contributed by atoms with van der Waals surface area (Å²) < 4.78 is 5.74. The van der Waals surface area contributed by atoms with Gasteiger partial charge in [-0.2, -0.15) is 0 Å². The molecule has 0 heterocycles. The first-order valence-corrected chi connectivity index (χ1v) is 8.08. The van der Waals surface area contributed by atoms with E-state index in [0.717, 1.165) is 31.2 Å². The highest BCUT2D eigenvalue weighted by molar-refractivity contribution is 5.27. The molecule has 0 radical (unpaired) electrons. The number of nitrogens with one attached hydrogen (secondary N) is 1. The molecule has 0 atom stereocenters. The van der Waals surface area contributed by atoms with Crippen LogP contribution >= 0.6 is 0 Å². The lowest BCUT2D eigenvalue weighted by atomic mass is 9.98. The molecule has 1 aromatic rings. The average molecular weight is 275 g/mol. The fraction of sp³-hybridized carbons (Fsp3) is 0.667. The van der Waals surface area contributed by atoms with Gasteiger partial charge < -0.3 is 10.1 Å². The lowest BCUT2D eigenvalue weighted by Gasteiger charge is -2.26. The lowest BCUT2D eigenvalue weighted by Crippen LogP contribution is -2.40. The molecule has 1 aromatic carbocycles. The summed E-state index contributed by atoms with van der Waals surface area (Å²) in [7, 11) is 0. The van der Waals surface area contributed by atoms with Crippen LogP contribution in [0.4, 0.5) is 0 Å². The van der Waals surface area contributed by atoms with E-state index in [9.17, 15) is 0 Å². The molecule has 0 spiro atoms. The zero-order valence-electron chi connectivity index (χ0n) is 13.2. The third-order valence-electron chi connectivity index (χ3n) is 4.29. The molecule has 112 valence electrons. The normalized spacial score (nSPS) is 15.3. The lowest BCUT2D eigenvalue weighted by molar-refractivity contribution is 0.306. The van der Waals surface area contributed by atoms with Gasteiger partial charge >= 0.3 is 0 Å². The summed E-state index contributed by atoms with van der Waals surface area (Å²) in [6, 6.07) is 8.52. The van der Waals surface area contributed by atoms with Crippen LogP contribution in [0.3, 0.4) is 0 Å². The zero-order chi connectivity index (χ0) is 14.4. The van der Waals surface area contributed by atoms with Gasteiger partial charge in [-0.3, -0.25) is 0 Å². The molecule has 20 heavy (non-hydrogen) atoms. The van der Waals surface area contributed by atoms with Crippen molar-refractivity contribution in [2.24, 2.45) is 5.92 Å². The molecule has 0 saturated heterocycles. The number of ether oxygens (including phenoxy) is 1. The van der Waals surface area contributed by atoms with Gasteiger partial charge in [0, 0.05) is 12.1 Å². The van der Waals surface area contributed by atoms with Crippen LogP contribution in [0.25, 0.3) is 0 Å². The maximum absolute atomic E-state index is 5.74. The van der Waals surface area contributed by atoms with Gasteiger partial charge in [0.2, 0.25) is 0 Å². The van der Waals surface area contributed by atoms with Crippen molar-refractivity contribution in [2.75, 3.05) is 6.61 Å². The summed E-state index contributed by atoms with van der Waals surface area (Å²) in [6.45, 7) is 8.62. The van der Waals surface area contributed by atoms with Gasteiger partial charge in [0.15, 0.2) is 0 Å². The van der Waals surface area contributed by atoms with E-state index in [1.54, 1.807) is 0 Å². The molecular weight excluding hydrogens is 246 g/mol. The third kappa shape index (κ3) is 4.82. The molecule has 2 heteroatoms. The van der Waals surface area contributed by atoms with E-state index in [0.29, 0.717) is 0 Å². The van der Waals surface area contributed by atoms with Crippen molar-refractivity contribution >= 4 is 0 Å². The number of unbranched alkanes of at least 4 members (excludes halogenated alkanes) is 2. The Morgan fingerprint density at radius 1 is 1.15 bits per heavy atom. The number of benzene rings is 1. The van der Waals surface area contributed by atoms with Crippen molar-refractivity contribution in [3.8, 4) is 5.75 Å². The summed E-state index contributed by atoms with van der Waals surface area (Å²) in [5.41, 5.74) is 1.61. The molecule has 2 rings (SSSR count). The maximum atomic E-state index is 5.74. The number of hydrogen-bond acceptors (Lipinski definition) is 2. The molecule has 2 nitrogen and oxygen atoms in total. The summed E-state index contributed by atoms with van der Waals surface area (Å²) in [5.74, 6) is 1.86. The molecule has 0 bridgehead atoms. The van der Waals surface area contributed by atoms with Gasteiger partial charge in [-0.25, -0.2) is 0 Å². The van der Waals surface area contributed by atoms with Gasteiger partial charge in [0.25, 0.3) is 0 Å². The average Bonchev–Trinajstić information content (AvgIpc) is 3.28. The van der Waals surface area contributed by atoms with E-state index in [2.05, 4.69) is 50.4 Å². The quantitative estimate of drug-likeness (QED) is 0.668. The van der Waals surface area contributed by atoms with Crippen molar-refractivity contribution in [3.63, 3.8) is 0 Å². The Kier molecular flexibility index (Phi) is 5.47. The van der Waals surface area contributed by atoms with Gasteiger partial charge in [-0.05, 0) is 56.7 Å². The summed E-state index contributed by atoms with van der Waals surface area (Å²) >= 11 is 0. The minimum absolute atomic E-state index is 0.273. The molecule has 0 aromatic heterocycles. The largest absolute Gasteiger partial charge is 0.494 e. The Morgan fingerprint density at radius 3 is 2.45 bits per heavy atom.